The number of ether oxygens (including phenoxy) is 1. The molecule has 1 aromatic carbocycles. The maximum absolute atomic E-state index is 5.10. The second-order valence-electron chi connectivity index (χ2n) is 5.60. The lowest BCUT2D eigenvalue weighted by Crippen LogP contribution is -2.27. The zero-order valence-corrected chi connectivity index (χ0v) is 14.7. The number of nitrogens with one attached hydrogen (secondary N) is 1. The van der Waals surface area contributed by atoms with E-state index in [4.69, 9.17) is 4.74 Å². The normalized spacial score (nSPS) is 12.5. The minimum Gasteiger partial charge on any atom is -0.383 e. The van der Waals surface area contributed by atoms with Gasteiger partial charge in [-0.25, -0.2) is 0 Å². The van der Waals surface area contributed by atoms with Crippen LogP contribution >= 0.6 is 11.8 Å². The first-order valence-corrected chi connectivity index (χ1v) is 9.24. The molecule has 2 nitrogen and oxygen atoms in total. The summed E-state index contributed by atoms with van der Waals surface area (Å²) in [6, 6.07) is 8.93. The zero-order valence-electron chi connectivity index (χ0n) is 13.9. The van der Waals surface area contributed by atoms with Crippen LogP contribution in [0.5, 0.6) is 0 Å². The Balaban J connectivity index is 2.41. The molecule has 120 valence electrons. The second-order valence-corrected chi connectivity index (χ2v) is 6.99. The van der Waals surface area contributed by atoms with Crippen LogP contribution in [-0.2, 0) is 11.2 Å². The molecule has 0 radical (unpaired) electrons. The molecule has 0 aliphatic carbocycles. The number of aryl methyl sites for hydroxylation is 1. The van der Waals surface area contributed by atoms with Crippen molar-refractivity contribution in [2.75, 3.05) is 38.3 Å². The van der Waals surface area contributed by atoms with Crippen molar-refractivity contribution >= 4 is 11.8 Å². The monoisotopic (exact) mass is 309 g/mol. The van der Waals surface area contributed by atoms with Crippen LogP contribution in [0.1, 0.15) is 30.9 Å². The van der Waals surface area contributed by atoms with Gasteiger partial charge < -0.3 is 10.1 Å². The first-order chi connectivity index (χ1) is 10.3. The maximum atomic E-state index is 5.10. The summed E-state index contributed by atoms with van der Waals surface area (Å²) in [5.74, 6) is 3.24. The van der Waals surface area contributed by atoms with Crippen molar-refractivity contribution in [2.24, 2.45) is 5.92 Å². The van der Waals surface area contributed by atoms with Crippen LogP contribution in [0.3, 0.4) is 0 Å². The summed E-state index contributed by atoms with van der Waals surface area (Å²) >= 11 is 2.05. The van der Waals surface area contributed by atoms with Crippen molar-refractivity contribution in [2.45, 2.75) is 33.1 Å². The van der Waals surface area contributed by atoms with Gasteiger partial charge in [0.2, 0.25) is 0 Å². The molecule has 0 heterocycles. The number of hydrogen-bond donors (Lipinski definition) is 1. The van der Waals surface area contributed by atoms with Crippen LogP contribution in [0, 0.1) is 12.8 Å². The Morgan fingerprint density at radius 1 is 1.33 bits per heavy atom. The van der Waals surface area contributed by atoms with Crippen molar-refractivity contribution in [1.29, 1.82) is 0 Å². The van der Waals surface area contributed by atoms with E-state index in [1.165, 1.54) is 41.9 Å². The molecule has 0 aromatic heterocycles. The summed E-state index contributed by atoms with van der Waals surface area (Å²) in [6.07, 6.45) is 3.81. The molecule has 1 atom stereocenters. The van der Waals surface area contributed by atoms with Gasteiger partial charge in [-0.1, -0.05) is 36.8 Å². The lowest BCUT2D eigenvalue weighted by Gasteiger charge is -2.18. The molecule has 0 saturated heterocycles. The average Bonchev–Trinajstić information content (AvgIpc) is 2.48. The average molecular weight is 310 g/mol. The number of hydrogen-bond acceptors (Lipinski definition) is 3. The number of thioether (sulfide) groups is 1. The molecule has 21 heavy (non-hydrogen) atoms. The van der Waals surface area contributed by atoms with Crippen LogP contribution in [0.25, 0.3) is 0 Å². The highest BCUT2D eigenvalue weighted by atomic mass is 32.2. The molecule has 0 amide bonds. The van der Waals surface area contributed by atoms with E-state index >= 15 is 0 Å². The first kappa shape index (κ1) is 18.5. The van der Waals surface area contributed by atoms with E-state index in [-0.39, 0.29) is 0 Å². The van der Waals surface area contributed by atoms with Gasteiger partial charge in [0, 0.05) is 13.7 Å². The fourth-order valence-electron chi connectivity index (χ4n) is 2.55. The number of benzene rings is 1. The summed E-state index contributed by atoms with van der Waals surface area (Å²) in [5, 5.41) is 3.53. The van der Waals surface area contributed by atoms with Gasteiger partial charge in [-0.2, -0.15) is 11.8 Å². The number of methoxy groups -OCH3 is 1. The highest BCUT2D eigenvalue weighted by Crippen LogP contribution is 2.16. The lowest BCUT2D eigenvalue weighted by molar-refractivity contribution is 0.197. The molecule has 1 N–H and O–H groups in total. The minimum atomic E-state index is 0.723. The Morgan fingerprint density at radius 2 is 2.19 bits per heavy atom. The van der Waals surface area contributed by atoms with Crippen LogP contribution in [0.15, 0.2) is 24.3 Å². The van der Waals surface area contributed by atoms with Gasteiger partial charge in [-0.05, 0) is 55.7 Å². The molecule has 1 rings (SSSR count). The van der Waals surface area contributed by atoms with E-state index < -0.39 is 0 Å². The van der Waals surface area contributed by atoms with Crippen LogP contribution in [0.4, 0.5) is 0 Å². The third-order valence-electron chi connectivity index (χ3n) is 3.63. The summed E-state index contributed by atoms with van der Waals surface area (Å²) in [7, 11) is 1.76. The van der Waals surface area contributed by atoms with Gasteiger partial charge in [-0.15, -0.1) is 0 Å². The van der Waals surface area contributed by atoms with Crippen molar-refractivity contribution in [3.63, 3.8) is 0 Å². The lowest BCUT2D eigenvalue weighted by atomic mass is 9.94. The molecular weight excluding hydrogens is 278 g/mol. The fourth-order valence-corrected chi connectivity index (χ4v) is 3.21. The van der Waals surface area contributed by atoms with Crippen molar-refractivity contribution in [1.82, 2.24) is 5.32 Å². The van der Waals surface area contributed by atoms with Gasteiger partial charge in [0.15, 0.2) is 0 Å². The Morgan fingerprint density at radius 3 is 2.90 bits per heavy atom. The maximum Gasteiger partial charge on any atom is 0.0587 e. The Bertz CT molecular complexity index is 358. The largest absolute Gasteiger partial charge is 0.383 e. The van der Waals surface area contributed by atoms with E-state index in [9.17, 15) is 0 Å². The van der Waals surface area contributed by atoms with Gasteiger partial charge in [0.25, 0.3) is 0 Å². The molecule has 0 bridgehead atoms. The molecule has 3 heteroatoms. The topological polar surface area (TPSA) is 21.3 Å². The number of rotatable bonds is 12. The molecule has 0 saturated carbocycles. The smallest absolute Gasteiger partial charge is 0.0587 e. The van der Waals surface area contributed by atoms with Crippen LogP contribution in [0.2, 0.25) is 0 Å². The van der Waals surface area contributed by atoms with Gasteiger partial charge in [-0.3, -0.25) is 0 Å². The molecule has 0 fully saturated rings. The fraction of sp³-hybridized carbons (Fsp3) is 0.667. The van der Waals surface area contributed by atoms with Crippen molar-refractivity contribution < 1.29 is 4.74 Å². The molecular formula is C18H31NOS. The quantitative estimate of drug-likeness (QED) is 0.591. The van der Waals surface area contributed by atoms with Gasteiger partial charge in [0.1, 0.15) is 0 Å². The van der Waals surface area contributed by atoms with Gasteiger partial charge in [0.05, 0.1) is 6.61 Å². The summed E-state index contributed by atoms with van der Waals surface area (Å²) in [6.45, 7) is 7.25. The first-order valence-electron chi connectivity index (χ1n) is 8.09. The Labute approximate surface area is 135 Å². The summed E-state index contributed by atoms with van der Waals surface area (Å²) < 4.78 is 5.10. The Kier molecular flexibility index (Phi) is 10.7. The van der Waals surface area contributed by atoms with Gasteiger partial charge >= 0.3 is 0 Å². The highest BCUT2D eigenvalue weighted by Gasteiger charge is 2.09. The van der Waals surface area contributed by atoms with E-state index in [0.29, 0.717) is 0 Å². The predicted molar refractivity (Wildman–Crippen MR) is 95.4 cm³/mol. The predicted octanol–water partition coefficient (Wildman–Crippen LogP) is 3.92. The van der Waals surface area contributed by atoms with Crippen LogP contribution < -0.4 is 5.32 Å². The summed E-state index contributed by atoms with van der Waals surface area (Å²) in [5.41, 5.74) is 2.83. The SMILES string of the molecule is CCSCCCC(CNCCOC)Cc1cccc(C)c1. The Hall–Kier alpha value is -0.510. The van der Waals surface area contributed by atoms with E-state index in [1.807, 2.05) is 0 Å². The van der Waals surface area contributed by atoms with E-state index in [1.54, 1.807) is 7.11 Å². The molecule has 0 aliphatic rings. The van der Waals surface area contributed by atoms with Crippen molar-refractivity contribution in [3.05, 3.63) is 35.4 Å². The summed E-state index contributed by atoms with van der Waals surface area (Å²) in [4.78, 5) is 0. The molecule has 0 aliphatic heterocycles. The second kappa shape index (κ2) is 12.1. The van der Waals surface area contributed by atoms with E-state index in [2.05, 4.69) is 55.2 Å². The van der Waals surface area contributed by atoms with E-state index in [0.717, 1.165) is 25.6 Å². The molecule has 1 aromatic rings. The molecule has 1 unspecified atom stereocenters. The van der Waals surface area contributed by atoms with Crippen molar-refractivity contribution in [3.8, 4) is 0 Å². The standard InChI is InChI=1S/C18H31NOS/c1-4-21-12-6-9-18(15-19-10-11-20-3)14-17-8-5-7-16(2)13-17/h5,7-8,13,18-19H,4,6,9-12,14-15H2,1-3H3. The third kappa shape index (κ3) is 9.18. The molecule has 0 spiro atoms. The highest BCUT2D eigenvalue weighted by molar-refractivity contribution is 7.99. The minimum absolute atomic E-state index is 0.723. The van der Waals surface area contributed by atoms with Crippen LogP contribution in [-0.4, -0.2) is 38.3 Å². The zero-order chi connectivity index (χ0) is 15.3. The third-order valence-corrected chi connectivity index (χ3v) is 4.61.